The molecular formula is C21H25N3O6S. The second kappa shape index (κ2) is 10.4. The van der Waals surface area contributed by atoms with Gasteiger partial charge in [-0.1, -0.05) is 18.2 Å². The first-order valence-electron chi connectivity index (χ1n) is 9.76. The summed E-state index contributed by atoms with van der Waals surface area (Å²) in [6.45, 7) is 1.48. The largest absolute Gasteiger partial charge is 0.504 e. The average Bonchev–Trinajstić information content (AvgIpc) is 2.79. The molecule has 0 aromatic heterocycles. The molecule has 0 unspecified atom stereocenters. The summed E-state index contributed by atoms with van der Waals surface area (Å²) in [7, 11) is -2.08. The molecule has 0 saturated carbocycles. The molecule has 0 atom stereocenters. The van der Waals surface area contributed by atoms with E-state index in [-0.39, 0.29) is 23.0 Å². The summed E-state index contributed by atoms with van der Waals surface area (Å²) in [5.41, 5.74) is 3.66. The molecule has 1 aliphatic rings. The van der Waals surface area contributed by atoms with Gasteiger partial charge >= 0.3 is 0 Å². The first kappa shape index (κ1) is 22.7. The molecule has 1 aliphatic heterocycles. The van der Waals surface area contributed by atoms with Crippen LogP contribution in [0.2, 0.25) is 0 Å². The molecule has 9 nitrogen and oxygen atoms in total. The summed E-state index contributed by atoms with van der Waals surface area (Å²) < 4.78 is 36.9. The Bertz CT molecular complexity index is 1030. The number of carbonyl (C=O) groups excluding carboxylic acids is 1. The number of sulfonamides is 1. The molecule has 1 heterocycles. The maximum absolute atomic E-state index is 12.6. The predicted octanol–water partition coefficient (Wildman–Crippen LogP) is 1.50. The van der Waals surface area contributed by atoms with Crippen LogP contribution in [-0.2, 0) is 26.0 Å². The van der Waals surface area contributed by atoms with Crippen molar-refractivity contribution in [2.24, 2.45) is 5.10 Å². The van der Waals surface area contributed by atoms with Gasteiger partial charge in [0, 0.05) is 25.1 Å². The number of aromatic hydroxyl groups is 1. The van der Waals surface area contributed by atoms with Crippen molar-refractivity contribution in [1.82, 2.24) is 9.73 Å². The van der Waals surface area contributed by atoms with Crippen LogP contribution in [0.4, 0.5) is 0 Å². The SMILES string of the molecule is COc1cccc(/C=N/NC(=O)CCc2ccc(S(=O)(=O)N3CCOCC3)cc2)c1O. The Morgan fingerprint density at radius 3 is 2.61 bits per heavy atom. The number of morpholine rings is 1. The molecule has 1 fully saturated rings. The number of rotatable bonds is 8. The Labute approximate surface area is 181 Å². The fourth-order valence-corrected chi connectivity index (χ4v) is 4.47. The molecule has 1 amide bonds. The second-order valence-electron chi connectivity index (χ2n) is 6.85. The molecule has 0 aliphatic carbocycles. The molecule has 2 aromatic carbocycles. The number of ether oxygens (including phenoxy) is 2. The lowest BCUT2D eigenvalue weighted by Crippen LogP contribution is -2.40. The quantitative estimate of drug-likeness (QED) is 0.468. The van der Waals surface area contributed by atoms with Crippen LogP contribution in [0, 0.1) is 0 Å². The zero-order chi connectivity index (χ0) is 22.3. The molecule has 0 radical (unpaired) electrons. The van der Waals surface area contributed by atoms with E-state index in [1.54, 1.807) is 42.5 Å². The number of phenols is 1. The van der Waals surface area contributed by atoms with Gasteiger partial charge in [0.15, 0.2) is 11.5 Å². The van der Waals surface area contributed by atoms with E-state index in [2.05, 4.69) is 10.5 Å². The van der Waals surface area contributed by atoms with Crippen LogP contribution >= 0.6 is 0 Å². The number of methoxy groups -OCH3 is 1. The molecule has 2 aromatic rings. The number of nitrogens with one attached hydrogen (secondary N) is 1. The number of carbonyl (C=O) groups is 1. The Morgan fingerprint density at radius 1 is 1.23 bits per heavy atom. The van der Waals surface area contributed by atoms with Gasteiger partial charge in [0.05, 0.1) is 31.4 Å². The van der Waals surface area contributed by atoms with Crippen molar-refractivity contribution < 1.29 is 27.8 Å². The van der Waals surface area contributed by atoms with Crippen molar-refractivity contribution in [1.29, 1.82) is 0 Å². The first-order chi connectivity index (χ1) is 14.9. The van der Waals surface area contributed by atoms with Gasteiger partial charge in [0.2, 0.25) is 15.9 Å². The van der Waals surface area contributed by atoms with Crippen molar-refractivity contribution >= 4 is 22.1 Å². The summed E-state index contributed by atoms with van der Waals surface area (Å²) >= 11 is 0. The summed E-state index contributed by atoms with van der Waals surface area (Å²) in [6.07, 6.45) is 1.95. The van der Waals surface area contributed by atoms with Crippen molar-refractivity contribution in [2.75, 3.05) is 33.4 Å². The fourth-order valence-electron chi connectivity index (χ4n) is 3.06. The van der Waals surface area contributed by atoms with E-state index >= 15 is 0 Å². The lowest BCUT2D eigenvalue weighted by molar-refractivity contribution is -0.121. The van der Waals surface area contributed by atoms with Crippen LogP contribution in [0.1, 0.15) is 17.5 Å². The highest BCUT2D eigenvalue weighted by Gasteiger charge is 2.26. The highest BCUT2D eigenvalue weighted by Crippen LogP contribution is 2.27. The summed E-state index contributed by atoms with van der Waals surface area (Å²) in [5, 5.41) is 13.8. The van der Waals surface area contributed by atoms with Gasteiger partial charge in [-0.2, -0.15) is 9.41 Å². The number of para-hydroxylation sites is 1. The van der Waals surface area contributed by atoms with Gasteiger partial charge in [-0.05, 0) is 36.2 Å². The first-order valence-corrected chi connectivity index (χ1v) is 11.2. The Balaban J connectivity index is 1.51. The highest BCUT2D eigenvalue weighted by molar-refractivity contribution is 7.89. The van der Waals surface area contributed by atoms with E-state index < -0.39 is 10.0 Å². The molecule has 0 spiro atoms. The monoisotopic (exact) mass is 447 g/mol. The molecule has 166 valence electrons. The molecule has 0 bridgehead atoms. The van der Waals surface area contributed by atoms with E-state index in [0.717, 1.165) is 5.56 Å². The number of hydrogen-bond donors (Lipinski definition) is 2. The minimum Gasteiger partial charge on any atom is -0.504 e. The maximum atomic E-state index is 12.6. The fraction of sp³-hybridized carbons (Fsp3) is 0.333. The number of hydrazone groups is 1. The van der Waals surface area contributed by atoms with Gasteiger partial charge in [-0.15, -0.1) is 0 Å². The van der Waals surface area contributed by atoms with Crippen LogP contribution < -0.4 is 10.2 Å². The smallest absolute Gasteiger partial charge is 0.243 e. The maximum Gasteiger partial charge on any atom is 0.243 e. The summed E-state index contributed by atoms with van der Waals surface area (Å²) in [4.78, 5) is 12.2. The number of phenolic OH excluding ortho intramolecular Hbond substituents is 1. The van der Waals surface area contributed by atoms with Crippen molar-refractivity contribution in [2.45, 2.75) is 17.7 Å². The average molecular weight is 448 g/mol. The number of aryl methyl sites for hydroxylation is 1. The Morgan fingerprint density at radius 2 is 1.94 bits per heavy atom. The number of benzene rings is 2. The van der Waals surface area contributed by atoms with Crippen LogP contribution in [0.3, 0.4) is 0 Å². The standard InChI is InChI=1S/C21H25N3O6S/c1-29-19-4-2-3-17(21(19)26)15-22-23-20(25)10-7-16-5-8-18(9-6-16)31(27,28)24-11-13-30-14-12-24/h2-6,8-9,15,26H,7,10-14H2,1H3,(H,23,25)/b22-15+. The number of nitrogens with zero attached hydrogens (tertiary/aromatic N) is 2. The lowest BCUT2D eigenvalue weighted by Gasteiger charge is -2.26. The summed E-state index contributed by atoms with van der Waals surface area (Å²) in [5.74, 6) is -0.0480. The third-order valence-corrected chi connectivity index (χ3v) is 6.73. The molecule has 2 N–H and O–H groups in total. The Kier molecular flexibility index (Phi) is 7.61. The molecule has 1 saturated heterocycles. The van der Waals surface area contributed by atoms with Crippen LogP contribution in [-0.4, -0.2) is 63.4 Å². The zero-order valence-corrected chi connectivity index (χ0v) is 18.0. The van der Waals surface area contributed by atoms with Gasteiger partial charge in [-0.25, -0.2) is 13.8 Å². The van der Waals surface area contributed by atoms with Crippen LogP contribution in [0.5, 0.6) is 11.5 Å². The van der Waals surface area contributed by atoms with E-state index in [0.29, 0.717) is 44.0 Å². The third-order valence-electron chi connectivity index (χ3n) is 4.81. The molecule has 3 rings (SSSR count). The van der Waals surface area contributed by atoms with Gasteiger partial charge < -0.3 is 14.6 Å². The van der Waals surface area contributed by atoms with E-state index in [1.807, 2.05) is 0 Å². The van der Waals surface area contributed by atoms with Crippen molar-refractivity contribution in [3.8, 4) is 11.5 Å². The van der Waals surface area contributed by atoms with E-state index in [9.17, 15) is 18.3 Å². The summed E-state index contributed by atoms with van der Waals surface area (Å²) in [6, 6.07) is 11.5. The van der Waals surface area contributed by atoms with E-state index in [4.69, 9.17) is 9.47 Å². The molecular weight excluding hydrogens is 422 g/mol. The second-order valence-corrected chi connectivity index (χ2v) is 8.79. The van der Waals surface area contributed by atoms with E-state index in [1.165, 1.54) is 17.6 Å². The van der Waals surface area contributed by atoms with Crippen molar-refractivity contribution in [3.63, 3.8) is 0 Å². The molecule has 10 heteroatoms. The topological polar surface area (TPSA) is 118 Å². The third kappa shape index (κ3) is 5.81. The lowest BCUT2D eigenvalue weighted by atomic mass is 10.1. The van der Waals surface area contributed by atoms with Crippen LogP contribution in [0.15, 0.2) is 52.5 Å². The van der Waals surface area contributed by atoms with Crippen LogP contribution in [0.25, 0.3) is 0 Å². The van der Waals surface area contributed by atoms with Gasteiger partial charge in [0.25, 0.3) is 0 Å². The molecule has 31 heavy (non-hydrogen) atoms. The minimum absolute atomic E-state index is 0.0601. The highest BCUT2D eigenvalue weighted by atomic mass is 32.2. The van der Waals surface area contributed by atoms with Crippen molar-refractivity contribution in [3.05, 3.63) is 53.6 Å². The Hall–Kier alpha value is -2.95. The van der Waals surface area contributed by atoms with Gasteiger partial charge in [-0.3, -0.25) is 4.79 Å². The predicted molar refractivity (Wildman–Crippen MR) is 115 cm³/mol. The number of amides is 1. The zero-order valence-electron chi connectivity index (χ0n) is 17.2. The number of hydrogen-bond acceptors (Lipinski definition) is 7. The minimum atomic E-state index is -3.53. The van der Waals surface area contributed by atoms with Gasteiger partial charge in [0.1, 0.15) is 0 Å². The normalized spacial score (nSPS) is 15.1.